The average molecular weight is 490 g/mol. The van der Waals surface area contributed by atoms with Gasteiger partial charge >= 0.3 is 191 Å². The van der Waals surface area contributed by atoms with Crippen LogP contribution in [-0.4, -0.2) is 46.3 Å². The zero-order valence-corrected chi connectivity index (χ0v) is 20.2. The SMILES string of the molecule is Cc1ccccc1-n1c(CSc2nc([AsH2])nc3[nH]cnc23)nc2cccc(C)c2c1=O. The first-order chi connectivity index (χ1) is 15.0. The van der Waals surface area contributed by atoms with Crippen molar-refractivity contribution in [1.29, 1.82) is 0 Å². The summed E-state index contributed by atoms with van der Waals surface area (Å²) in [5.41, 5.74) is 4.87. The quantitative estimate of drug-likeness (QED) is 0.236. The molecular formula is C22H19AsN6OS. The van der Waals surface area contributed by atoms with Crippen LogP contribution in [0.3, 0.4) is 0 Å². The minimum atomic E-state index is -0.0554. The molecule has 9 heteroatoms. The molecule has 3 heterocycles. The average Bonchev–Trinajstić information content (AvgIpc) is 3.21. The van der Waals surface area contributed by atoms with Gasteiger partial charge in [-0.1, -0.05) is 0 Å². The predicted octanol–water partition coefficient (Wildman–Crippen LogP) is 2.22. The van der Waals surface area contributed by atoms with Gasteiger partial charge in [0.1, 0.15) is 0 Å². The number of thioether (sulfide) groups is 1. The summed E-state index contributed by atoms with van der Waals surface area (Å²) in [6, 6.07) is 13.6. The maximum atomic E-state index is 13.6. The van der Waals surface area contributed by atoms with Gasteiger partial charge in [0.15, 0.2) is 0 Å². The summed E-state index contributed by atoms with van der Waals surface area (Å²) in [5, 5.41) is 1.43. The van der Waals surface area contributed by atoms with Crippen molar-refractivity contribution in [2.75, 3.05) is 0 Å². The summed E-state index contributed by atoms with van der Waals surface area (Å²) in [4.78, 5) is 34.9. The second-order valence-corrected chi connectivity index (χ2v) is 9.25. The topological polar surface area (TPSA) is 89.3 Å². The molecule has 0 saturated carbocycles. The molecule has 1 N–H and O–H groups in total. The first-order valence-corrected chi connectivity index (χ1v) is 11.9. The molecule has 1 atom stereocenters. The molecule has 0 amide bonds. The first-order valence-electron chi connectivity index (χ1n) is 9.69. The third-order valence-corrected chi connectivity index (χ3v) is 6.64. The maximum absolute atomic E-state index is 13.6. The van der Waals surface area contributed by atoms with Gasteiger partial charge in [-0.15, -0.1) is 0 Å². The molecule has 2 aromatic carbocycles. The standard InChI is InChI=1S/C22H19AsN6OS/c1-12-6-3-4-9-15(12)29-16(26-14-8-5-7-13(2)17(14)21(29)30)10-31-20-18-19(25-11-24-18)27-22(23)28-20/h3-9,11H,10,23H2,1-2H3,(H,24,25,27,28). The Kier molecular flexibility index (Phi) is 5.12. The molecule has 0 aliphatic rings. The van der Waals surface area contributed by atoms with E-state index >= 15 is 0 Å². The Bertz CT molecular complexity index is 1510. The summed E-state index contributed by atoms with van der Waals surface area (Å²) in [5.74, 6) is 1.15. The number of imidazole rings is 1. The molecule has 5 rings (SSSR count). The van der Waals surface area contributed by atoms with E-state index in [-0.39, 0.29) is 5.56 Å². The predicted molar refractivity (Wildman–Crippen MR) is 126 cm³/mol. The fourth-order valence-electron chi connectivity index (χ4n) is 3.66. The van der Waals surface area contributed by atoms with Gasteiger partial charge in [-0.05, 0) is 0 Å². The van der Waals surface area contributed by atoms with Crippen LogP contribution in [0, 0.1) is 13.8 Å². The molecule has 0 saturated heterocycles. The van der Waals surface area contributed by atoms with Gasteiger partial charge in [0, 0.05) is 0 Å². The third kappa shape index (κ3) is 3.56. The number of hydrogen-bond donors (Lipinski definition) is 1. The van der Waals surface area contributed by atoms with Crippen molar-refractivity contribution in [3.05, 3.63) is 76.1 Å². The van der Waals surface area contributed by atoms with Gasteiger partial charge in [0.05, 0.1) is 0 Å². The molecule has 3 aromatic heterocycles. The van der Waals surface area contributed by atoms with E-state index in [1.54, 1.807) is 10.9 Å². The van der Waals surface area contributed by atoms with Crippen molar-refractivity contribution in [3.63, 3.8) is 0 Å². The summed E-state index contributed by atoms with van der Waals surface area (Å²) >= 11 is 2.86. The number of H-pyrrole nitrogens is 1. The molecule has 0 aliphatic heterocycles. The van der Waals surface area contributed by atoms with E-state index in [9.17, 15) is 4.79 Å². The van der Waals surface area contributed by atoms with Gasteiger partial charge in [-0.2, -0.15) is 0 Å². The number of nitrogens with zero attached hydrogens (tertiary/aromatic N) is 5. The first kappa shape index (κ1) is 20.0. The molecule has 0 bridgehead atoms. The molecule has 154 valence electrons. The van der Waals surface area contributed by atoms with Gasteiger partial charge in [0.2, 0.25) is 0 Å². The number of para-hydroxylation sites is 1. The van der Waals surface area contributed by atoms with E-state index in [0.717, 1.165) is 37.6 Å². The molecule has 0 spiro atoms. The monoisotopic (exact) mass is 490 g/mol. The number of fused-ring (bicyclic) bond motifs is 2. The zero-order valence-electron chi connectivity index (χ0n) is 17.0. The van der Waals surface area contributed by atoms with E-state index < -0.39 is 0 Å². The number of hydrogen-bond acceptors (Lipinski definition) is 6. The van der Waals surface area contributed by atoms with Crippen LogP contribution in [0.2, 0.25) is 0 Å². The summed E-state index contributed by atoms with van der Waals surface area (Å²) in [6.07, 6.45) is 1.62. The Morgan fingerprint density at radius 1 is 1.03 bits per heavy atom. The van der Waals surface area contributed by atoms with Crippen molar-refractivity contribution < 1.29 is 0 Å². The molecule has 0 aliphatic carbocycles. The molecule has 0 fully saturated rings. The van der Waals surface area contributed by atoms with Crippen LogP contribution >= 0.6 is 11.8 Å². The number of benzene rings is 2. The molecule has 1 unspecified atom stereocenters. The van der Waals surface area contributed by atoms with Gasteiger partial charge in [-0.25, -0.2) is 0 Å². The van der Waals surface area contributed by atoms with Crippen molar-refractivity contribution in [3.8, 4) is 5.69 Å². The normalized spacial score (nSPS) is 11.5. The summed E-state index contributed by atoms with van der Waals surface area (Å²) < 4.78 is 2.46. The van der Waals surface area contributed by atoms with Crippen molar-refractivity contribution in [2.24, 2.45) is 0 Å². The fraction of sp³-hybridized carbons (Fsp3) is 0.136. The van der Waals surface area contributed by atoms with Crippen molar-refractivity contribution in [2.45, 2.75) is 24.6 Å². The Labute approximate surface area is 190 Å². The zero-order chi connectivity index (χ0) is 21.5. The minimum absolute atomic E-state index is 0.0554. The van der Waals surface area contributed by atoms with Crippen LogP contribution in [0.1, 0.15) is 17.0 Å². The molecule has 7 nitrogen and oxygen atoms in total. The van der Waals surface area contributed by atoms with Crippen LogP contribution < -0.4 is 10.2 Å². The second-order valence-electron chi connectivity index (χ2n) is 7.20. The van der Waals surface area contributed by atoms with Crippen LogP contribution in [0.4, 0.5) is 0 Å². The third-order valence-electron chi connectivity index (χ3n) is 5.13. The Hall–Kier alpha value is -2.96. The summed E-state index contributed by atoms with van der Waals surface area (Å²) in [7, 11) is 0. The van der Waals surface area contributed by atoms with E-state index in [1.807, 2.05) is 56.3 Å². The number of aromatic nitrogens is 6. The Morgan fingerprint density at radius 3 is 2.68 bits per heavy atom. The van der Waals surface area contributed by atoms with Crippen LogP contribution in [0.5, 0.6) is 0 Å². The molecule has 31 heavy (non-hydrogen) atoms. The molecular weight excluding hydrogens is 471 g/mol. The molecule has 0 radical (unpaired) electrons. The van der Waals surface area contributed by atoms with Crippen molar-refractivity contribution >= 4 is 55.3 Å². The summed E-state index contributed by atoms with van der Waals surface area (Å²) in [6.45, 7) is 3.95. The van der Waals surface area contributed by atoms with E-state index in [0.29, 0.717) is 22.5 Å². The van der Waals surface area contributed by atoms with Crippen LogP contribution in [0.15, 0.2) is 58.6 Å². The number of nitrogens with one attached hydrogen (secondary N) is 1. The number of rotatable bonds is 4. The molecule has 5 aromatic rings. The van der Waals surface area contributed by atoms with E-state index in [4.69, 9.17) is 4.98 Å². The number of aromatic amines is 1. The van der Waals surface area contributed by atoms with E-state index in [2.05, 4.69) is 19.9 Å². The number of aryl methyl sites for hydroxylation is 2. The van der Waals surface area contributed by atoms with E-state index in [1.165, 1.54) is 28.6 Å². The van der Waals surface area contributed by atoms with Gasteiger partial charge in [0.25, 0.3) is 0 Å². The van der Waals surface area contributed by atoms with Gasteiger partial charge < -0.3 is 0 Å². The Morgan fingerprint density at radius 2 is 1.84 bits per heavy atom. The fourth-order valence-corrected chi connectivity index (χ4v) is 5.30. The van der Waals surface area contributed by atoms with Gasteiger partial charge in [-0.3, -0.25) is 0 Å². The van der Waals surface area contributed by atoms with Crippen molar-refractivity contribution in [1.82, 2.24) is 29.5 Å². The van der Waals surface area contributed by atoms with Crippen LogP contribution in [0.25, 0.3) is 27.8 Å². The second kappa shape index (κ2) is 7.94. The van der Waals surface area contributed by atoms with Crippen LogP contribution in [-0.2, 0) is 5.75 Å². The Balaban J connectivity index is 1.69.